The van der Waals surface area contributed by atoms with Crippen molar-refractivity contribution in [3.8, 4) is 0 Å². The number of thioether (sulfide) groups is 1. The van der Waals surface area contributed by atoms with Crippen LogP contribution in [0, 0.1) is 0 Å². The van der Waals surface area contributed by atoms with Crippen LogP contribution in [0.25, 0.3) is 0 Å². The summed E-state index contributed by atoms with van der Waals surface area (Å²) in [5.41, 5.74) is 0. The molecule has 1 aromatic rings. The molecule has 13 heavy (non-hydrogen) atoms. The Balaban J connectivity index is -0.000000333. The Bertz CT molecular complexity index is 189. The summed E-state index contributed by atoms with van der Waals surface area (Å²) in [5, 5.41) is 0.683. The maximum Gasteiger partial charge on any atom is 0.00745 e. The molecule has 0 aliphatic rings. The summed E-state index contributed by atoms with van der Waals surface area (Å²) in [6.07, 6.45) is 0. The van der Waals surface area contributed by atoms with Gasteiger partial charge in [0.2, 0.25) is 0 Å². The summed E-state index contributed by atoms with van der Waals surface area (Å²) in [6, 6.07) is 10.5. The predicted molar refractivity (Wildman–Crippen MR) is 54.9 cm³/mol. The average molecular weight is 212 g/mol. The van der Waals surface area contributed by atoms with E-state index in [1.165, 1.54) is 4.90 Å². The normalized spacial score (nSPS) is 7.92. The maximum absolute atomic E-state index is 2.21. The van der Waals surface area contributed by atoms with Crippen LogP contribution in [0.4, 0.5) is 14.1 Å². The Morgan fingerprint density at radius 1 is 0.923 bits per heavy atom. The first-order chi connectivity index (χ1) is 4.79. The summed E-state index contributed by atoms with van der Waals surface area (Å²) >= 11 is 1.90. The maximum atomic E-state index is 2.21. The van der Waals surface area contributed by atoms with Gasteiger partial charge in [0.15, 0.2) is 0 Å². The number of hydrogen-bond acceptors (Lipinski definition) is 1. The molecule has 0 amide bonds. The van der Waals surface area contributed by atoms with Crippen molar-refractivity contribution in [1.82, 2.24) is 0 Å². The van der Waals surface area contributed by atoms with E-state index in [0.29, 0.717) is 5.25 Å². The fourth-order valence-corrected chi connectivity index (χ4v) is 1.63. The minimum absolute atomic E-state index is 0. The van der Waals surface area contributed by atoms with Crippen LogP contribution in [0.1, 0.15) is 13.8 Å². The Kier molecular flexibility index (Phi) is 13.2. The first-order valence-corrected chi connectivity index (χ1v) is 4.38. The smallest absolute Gasteiger partial charge is 0.00745 e. The summed E-state index contributed by atoms with van der Waals surface area (Å²) in [7, 11) is 0. The fraction of sp³-hybridized carbons (Fsp3) is 0.333. The van der Waals surface area contributed by atoms with E-state index in [4.69, 9.17) is 0 Å². The van der Waals surface area contributed by atoms with E-state index < -0.39 is 0 Å². The Labute approximate surface area is 80.8 Å². The van der Waals surface area contributed by atoms with Gasteiger partial charge in [0.1, 0.15) is 0 Å². The van der Waals surface area contributed by atoms with Gasteiger partial charge in [-0.05, 0) is 12.1 Å². The van der Waals surface area contributed by atoms with Gasteiger partial charge in [-0.3, -0.25) is 14.1 Å². The monoisotopic (exact) mass is 212 g/mol. The molecule has 0 atom stereocenters. The summed E-state index contributed by atoms with van der Waals surface area (Å²) in [5.74, 6) is 0. The van der Waals surface area contributed by atoms with Gasteiger partial charge in [-0.2, -0.15) is 0 Å². The Hall–Kier alpha value is -0.640. The Morgan fingerprint density at radius 2 is 1.38 bits per heavy atom. The van der Waals surface area contributed by atoms with Gasteiger partial charge in [-0.25, -0.2) is 0 Å². The van der Waals surface area contributed by atoms with Gasteiger partial charge < -0.3 is 0 Å². The third kappa shape index (κ3) is 7.71. The van der Waals surface area contributed by atoms with Crippen molar-refractivity contribution in [2.24, 2.45) is 0 Å². The highest BCUT2D eigenvalue weighted by atomic mass is 32.2. The lowest BCUT2D eigenvalue weighted by Gasteiger charge is -2.02. The number of hydrogen-bond donors (Lipinski definition) is 0. The van der Waals surface area contributed by atoms with Crippen LogP contribution in [-0.4, -0.2) is 5.25 Å². The molecule has 4 heteroatoms. The molecule has 0 fully saturated rings. The van der Waals surface area contributed by atoms with Crippen LogP contribution in [-0.2, 0) is 0 Å². The zero-order valence-electron chi connectivity index (χ0n) is 7.60. The quantitative estimate of drug-likeness (QED) is 0.674. The van der Waals surface area contributed by atoms with E-state index in [9.17, 15) is 0 Å². The molecule has 0 aliphatic heterocycles. The van der Waals surface area contributed by atoms with E-state index >= 15 is 0 Å². The molecule has 0 bridgehead atoms. The van der Waals surface area contributed by atoms with Crippen molar-refractivity contribution in [2.45, 2.75) is 24.0 Å². The number of rotatable bonds is 2. The summed E-state index contributed by atoms with van der Waals surface area (Å²) in [6.45, 7) is 4.41. The molecule has 78 valence electrons. The summed E-state index contributed by atoms with van der Waals surface area (Å²) in [4.78, 5) is 1.36. The number of halogens is 3. The van der Waals surface area contributed by atoms with Gasteiger partial charge in [0.05, 0.1) is 0 Å². The zero-order chi connectivity index (χ0) is 7.40. The van der Waals surface area contributed by atoms with Gasteiger partial charge in [0, 0.05) is 10.1 Å². The van der Waals surface area contributed by atoms with Crippen LogP contribution in [0.3, 0.4) is 0 Å². The highest BCUT2D eigenvalue weighted by molar-refractivity contribution is 7.99. The van der Waals surface area contributed by atoms with E-state index in [1.807, 2.05) is 17.8 Å². The van der Waals surface area contributed by atoms with Gasteiger partial charge >= 0.3 is 0 Å². The molecule has 0 unspecified atom stereocenters. The van der Waals surface area contributed by atoms with E-state index in [1.54, 1.807) is 0 Å². The van der Waals surface area contributed by atoms with Crippen molar-refractivity contribution in [3.05, 3.63) is 30.3 Å². The second-order valence-electron chi connectivity index (χ2n) is 2.48. The van der Waals surface area contributed by atoms with Crippen molar-refractivity contribution in [2.75, 3.05) is 0 Å². The first kappa shape index (κ1) is 18.2. The third-order valence-electron chi connectivity index (χ3n) is 1.11. The van der Waals surface area contributed by atoms with Crippen LogP contribution in [0.5, 0.6) is 0 Å². The van der Waals surface area contributed by atoms with Crippen LogP contribution < -0.4 is 0 Å². The molecule has 0 nitrogen and oxygen atoms in total. The van der Waals surface area contributed by atoms with Crippen molar-refractivity contribution in [1.29, 1.82) is 0 Å². The average Bonchev–Trinajstić information content (AvgIpc) is 1.88. The fourth-order valence-electron chi connectivity index (χ4n) is 0.771. The van der Waals surface area contributed by atoms with Crippen LogP contribution in [0.2, 0.25) is 0 Å². The van der Waals surface area contributed by atoms with Gasteiger partial charge in [0.25, 0.3) is 0 Å². The van der Waals surface area contributed by atoms with Crippen LogP contribution in [0.15, 0.2) is 35.2 Å². The minimum atomic E-state index is 0. The lowest BCUT2D eigenvalue weighted by molar-refractivity contribution is 1.11. The standard InChI is InChI=1S/C9H12S.3FH/c1-8(2)10-9-6-4-3-5-7-9;;;/h3-8H,1-2H3;3*1H. The van der Waals surface area contributed by atoms with E-state index in [2.05, 4.69) is 38.1 Å². The summed E-state index contributed by atoms with van der Waals surface area (Å²) < 4.78 is 0. The highest BCUT2D eigenvalue weighted by Gasteiger charge is 1.94. The topological polar surface area (TPSA) is 0 Å². The van der Waals surface area contributed by atoms with E-state index in [0.717, 1.165) is 0 Å². The second kappa shape index (κ2) is 9.45. The van der Waals surface area contributed by atoms with Crippen molar-refractivity contribution >= 4 is 11.8 Å². The molecule has 0 N–H and O–H groups in total. The van der Waals surface area contributed by atoms with Crippen molar-refractivity contribution < 1.29 is 14.1 Å². The molecule has 0 radical (unpaired) electrons. The first-order valence-electron chi connectivity index (χ1n) is 3.51. The lowest BCUT2D eigenvalue weighted by atomic mass is 10.4. The molecule has 0 saturated carbocycles. The molecule has 1 rings (SSSR count). The zero-order valence-corrected chi connectivity index (χ0v) is 8.41. The minimum Gasteiger partial charge on any atom is -0.269 e. The molecule has 0 aromatic heterocycles. The predicted octanol–water partition coefficient (Wildman–Crippen LogP) is 3.64. The van der Waals surface area contributed by atoms with Crippen molar-refractivity contribution in [3.63, 3.8) is 0 Å². The molecule has 0 heterocycles. The third-order valence-corrected chi connectivity index (χ3v) is 2.13. The number of benzene rings is 1. The molecule has 1 aromatic carbocycles. The second-order valence-corrected chi connectivity index (χ2v) is 4.13. The van der Waals surface area contributed by atoms with Gasteiger partial charge in [-0.1, -0.05) is 32.0 Å². The molecular weight excluding hydrogens is 197 g/mol. The van der Waals surface area contributed by atoms with E-state index in [-0.39, 0.29) is 14.1 Å². The van der Waals surface area contributed by atoms with Gasteiger partial charge in [-0.15, -0.1) is 11.8 Å². The van der Waals surface area contributed by atoms with Crippen LogP contribution >= 0.6 is 11.8 Å². The molecule has 0 aliphatic carbocycles. The Morgan fingerprint density at radius 3 is 1.77 bits per heavy atom. The largest absolute Gasteiger partial charge is 0.269 e. The molecular formula is C9H15F3S. The molecule has 0 spiro atoms. The SMILES string of the molecule is CC(C)Sc1ccccc1.F.F.F. The highest BCUT2D eigenvalue weighted by Crippen LogP contribution is 2.21. The molecule has 0 saturated heterocycles. The lowest BCUT2D eigenvalue weighted by Crippen LogP contribution is -1.84.